The highest BCUT2D eigenvalue weighted by atomic mass is 35.5. The van der Waals surface area contributed by atoms with Crippen molar-refractivity contribution in [2.75, 3.05) is 0 Å². The van der Waals surface area contributed by atoms with Gasteiger partial charge in [-0.05, 0) is 81.0 Å². The predicted molar refractivity (Wildman–Crippen MR) is 135 cm³/mol. The van der Waals surface area contributed by atoms with Crippen molar-refractivity contribution >= 4 is 23.4 Å². The van der Waals surface area contributed by atoms with E-state index in [2.05, 4.69) is 15.4 Å². The van der Waals surface area contributed by atoms with Gasteiger partial charge in [0.05, 0.1) is 19.0 Å². The number of halogens is 2. The monoisotopic (exact) mass is 525 g/mol. The van der Waals surface area contributed by atoms with Gasteiger partial charge in [0.25, 0.3) is 0 Å². The maximum atomic E-state index is 15.0. The summed E-state index contributed by atoms with van der Waals surface area (Å²) in [5.41, 5.74) is 2.17. The second kappa shape index (κ2) is 9.28. The second-order valence-electron chi connectivity index (χ2n) is 11.1. The molecular weight excluding hydrogens is 497 g/mol. The van der Waals surface area contributed by atoms with Crippen LogP contribution in [0, 0.1) is 11.2 Å². The number of pyridine rings is 1. The van der Waals surface area contributed by atoms with E-state index < -0.39 is 16.8 Å². The molecule has 10 heteroatoms. The quantitative estimate of drug-likeness (QED) is 0.389. The second-order valence-corrected chi connectivity index (χ2v) is 11.5. The molecule has 0 bridgehead atoms. The van der Waals surface area contributed by atoms with Crippen LogP contribution in [0.5, 0.6) is 0 Å². The first-order valence-corrected chi connectivity index (χ1v) is 12.8. The number of carbonyl (C=O) groups excluding carboxylic acids is 2. The van der Waals surface area contributed by atoms with Gasteiger partial charge in [-0.15, -0.1) is 10.2 Å². The van der Waals surface area contributed by atoms with Crippen LogP contribution < -0.4 is 0 Å². The molecule has 0 aliphatic heterocycles. The molecule has 0 saturated heterocycles. The van der Waals surface area contributed by atoms with Crippen LogP contribution in [0.3, 0.4) is 0 Å². The topological polar surface area (TPSA) is 99.9 Å². The van der Waals surface area contributed by atoms with Crippen LogP contribution in [0.15, 0.2) is 24.4 Å². The molecule has 3 aromatic rings. The summed E-state index contributed by atoms with van der Waals surface area (Å²) in [6, 6.07) is 4.87. The fourth-order valence-corrected chi connectivity index (χ4v) is 5.32. The lowest BCUT2D eigenvalue weighted by Gasteiger charge is -2.22. The van der Waals surface area contributed by atoms with Crippen molar-refractivity contribution in [3.63, 3.8) is 0 Å². The SMILES string of the molecule is Cn1nnc(-c2c(F)cc(Cl)cc2-c2cnc3c(c2)CCC3CC(=O)C2(CC(=O)OC(C)(C)C)CC2)n1. The molecule has 1 aromatic carbocycles. The molecule has 0 amide bonds. The Morgan fingerprint density at radius 2 is 2.00 bits per heavy atom. The lowest BCUT2D eigenvalue weighted by molar-refractivity contribution is -0.157. The third-order valence-electron chi connectivity index (χ3n) is 7.03. The number of rotatable bonds is 7. The van der Waals surface area contributed by atoms with Crippen LogP contribution in [0.1, 0.15) is 70.1 Å². The van der Waals surface area contributed by atoms with Crippen molar-refractivity contribution in [3.8, 4) is 22.5 Å². The number of ketones is 1. The van der Waals surface area contributed by atoms with Crippen molar-refractivity contribution in [1.29, 1.82) is 0 Å². The van der Waals surface area contributed by atoms with E-state index in [1.807, 2.05) is 26.8 Å². The molecule has 2 aromatic heterocycles. The number of aromatic nitrogens is 5. The number of benzene rings is 1. The van der Waals surface area contributed by atoms with Crippen molar-refractivity contribution in [2.45, 2.75) is 70.8 Å². The van der Waals surface area contributed by atoms with Crippen molar-refractivity contribution in [1.82, 2.24) is 25.2 Å². The van der Waals surface area contributed by atoms with Crippen molar-refractivity contribution < 1.29 is 18.7 Å². The van der Waals surface area contributed by atoms with Gasteiger partial charge in [-0.3, -0.25) is 14.6 Å². The summed E-state index contributed by atoms with van der Waals surface area (Å²) in [6.45, 7) is 5.48. The summed E-state index contributed by atoms with van der Waals surface area (Å²) in [4.78, 5) is 31.6. The minimum Gasteiger partial charge on any atom is -0.460 e. The molecule has 1 atom stereocenters. The van der Waals surface area contributed by atoms with E-state index in [0.29, 0.717) is 17.5 Å². The smallest absolute Gasteiger partial charge is 0.307 e. The highest BCUT2D eigenvalue weighted by Crippen LogP contribution is 2.52. The third-order valence-corrected chi connectivity index (χ3v) is 7.25. The Hall–Kier alpha value is -3.20. The van der Waals surface area contributed by atoms with Crippen LogP contribution in [0.2, 0.25) is 5.02 Å². The number of nitrogens with zero attached hydrogens (tertiary/aromatic N) is 5. The predicted octanol–water partition coefficient (Wildman–Crippen LogP) is 5.23. The Morgan fingerprint density at radius 3 is 2.65 bits per heavy atom. The van der Waals surface area contributed by atoms with Crippen LogP contribution in [0.25, 0.3) is 22.5 Å². The van der Waals surface area contributed by atoms with Crippen molar-refractivity contribution in [3.05, 3.63) is 46.5 Å². The minimum atomic E-state index is -0.595. The van der Waals surface area contributed by atoms with E-state index in [0.717, 1.165) is 36.9 Å². The number of carbonyl (C=O) groups is 2. The van der Waals surface area contributed by atoms with E-state index in [9.17, 15) is 14.0 Å². The van der Waals surface area contributed by atoms with Crippen LogP contribution >= 0.6 is 11.6 Å². The fourth-order valence-electron chi connectivity index (χ4n) is 5.11. The molecule has 37 heavy (non-hydrogen) atoms. The molecule has 5 rings (SSSR count). The highest BCUT2D eigenvalue weighted by Gasteiger charge is 2.51. The van der Waals surface area contributed by atoms with Gasteiger partial charge in [0, 0.05) is 40.2 Å². The number of esters is 1. The molecule has 0 N–H and O–H groups in total. The van der Waals surface area contributed by atoms with Gasteiger partial charge in [-0.1, -0.05) is 11.6 Å². The zero-order valence-electron chi connectivity index (χ0n) is 21.3. The number of aryl methyl sites for hydroxylation is 2. The van der Waals surface area contributed by atoms with Crippen LogP contribution in [-0.4, -0.2) is 42.5 Å². The number of fused-ring (bicyclic) bond motifs is 1. The Labute approximate surface area is 219 Å². The Kier molecular flexibility index (Phi) is 6.38. The average molecular weight is 526 g/mol. The summed E-state index contributed by atoms with van der Waals surface area (Å²) in [6.07, 6.45) is 5.15. The van der Waals surface area contributed by atoms with Gasteiger partial charge >= 0.3 is 5.97 Å². The lowest BCUT2D eigenvalue weighted by atomic mass is 9.88. The minimum absolute atomic E-state index is 0.00936. The molecule has 0 spiro atoms. The first-order chi connectivity index (χ1) is 17.4. The largest absolute Gasteiger partial charge is 0.460 e. The van der Waals surface area contributed by atoms with E-state index in [1.54, 1.807) is 19.3 Å². The third kappa shape index (κ3) is 5.28. The molecule has 2 aliphatic rings. The molecular formula is C27H29ClFN5O3. The first kappa shape index (κ1) is 25.4. The van der Waals surface area contributed by atoms with Gasteiger partial charge < -0.3 is 4.74 Å². The molecule has 2 heterocycles. The zero-order chi connectivity index (χ0) is 26.5. The Bertz CT molecular complexity index is 1390. The van der Waals surface area contributed by atoms with E-state index in [1.165, 1.54) is 10.9 Å². The summed E-state index contributed by atoms with van der Waals surface area (Å²) < 4.78 is 20.4. The van der Waals surface area contributed by atoms with Gasteiger partial charge in [0.1, 0.15) is 17.2 Å². The Morgan fingerprint density at radius 1 is 1.24 bits per heavy atom. The zero-order valence-corrected chi connectivity index (χ0v) is 22.1. The molecule has 8 nitrogen and oxygen atoms in total. The summed E-state index contributed by atoms with van der Waals surface area (Å²) in [7, 11) is 1.61. The molecule has 2 aliphatic carbocycles. The molecule has 194 valence electrons. The molecule has 1 saturated carbocycles. The number of hydrogen-bond donors (Lipinski definition) is 0. The summed E-state index contributed by atoms with van der Waals surface area (Å²) >= 11 is 6.19. The van der Waals surface area contributed by atoms with Gasteiger partial charge in [-0.25, -0.2) is 4.39 Å². The maximum Gasteiger partial charge on any atom is 0.307 e. The van der Waals surface area contributed by atoms with Gasteiger partial charge in [0.2, 0.25) is 5.82 Å². The first-order valence-electron chi connectivity index (χ1n) is 12.4. The average Bonchev–Trinajstić information content (AvgIpc) is 3.28. The van der Waals surface area contributed by atoms with E-state index in [4.69, 9.17) is 21.3 Å². The van der Waals surface area contributed by atoms with Gasteiger partial charge in [-0.2, -0.15) is 4.80 Å². The summed E-state index contributed by atoms with van der Waals surface area (Å²) in [5.74, 6) is -0.607. The normalized spacial score (nSPS) is 17.9. The number of ether oxygens (including phenoxy) is 1. The number of tetrazole rings is 1. The van der Waals surface area contributed by atoms with E-state index >= 15 is 0 Å². The lowest BCUT2D eigenvalue weighted by Crippen LogP contribution is -2.28. The molecule has 1 fully saturated rings. The molecule has 1 unspecified atom stereocenters. The van der Waals surface area contributed by atoms with Gasteiger partial charge in [0.15, 0.2) is 0 Å². The highest BCUT2D eigenvalue weighted by molar-refractivity contribution is 6.31. The standard InChI is InChI=1S/C27H29ClFN5O3/c1-26(2,3)37-22(36)13-27(7-8-27)21(35)10-16-6-5-15-9-17(14-30-24(15)16)19-11-18(28)12-20(29)23(19)25-31-33-34(4)32-25/h9,11-12,14,16H,5-8,10,13H2,1-4H3. The summed E-state index contributed by atoms with van der Waals surface area (Å²) in [5, 5.41) is 12.2. The maximum absolute atomic E-state index is 15.0. The number of Topliss-reactive ketones (excluding diaryl/α,β-unsaturated/α-hetero) is 1. The number of hydrogen-bond acceptors (Lipinski definition) is 7. The van der Waals surface area contributed by atoms with Crippen molar-refractivity contribution in [2.24, 2.45) is 12.5 Å². The van der Waals surface area contributed by atoms with Crippen LogP contribution in [-0.2, 0) is 27.8 Å². The van der Waals surface area contributed by atoms with E-state index in [-0.39, 0.29) is 40.5 Å². The molecule has 0 radical (unpaired) electrons. The Balaban J connectivity index is 1.36. The van der Waals surface area contributed by atoms with Crippen LogP contribution in [0.4, 0.5) is 4.39 Å². The fraction of sp³-hybridized carbons (Fsp3) is 0.481.